The van der Waals surface area contributed by atoms with Crippen LogP contribution in [0.2, 0.25) is 0 Å². The lowest BCUT2D eigenvalue weighted by atomic mass is 10.1. The molecule has 0 atom stereocenters. The van der Waals surface area contributed by atoms with E-state index in [4.69, 9.17) is 0 Å². The monoisotopic (exact) mass is 222 g/mol. The Labute approximate surface area is 92.0 Å². The Morgan fingerprint density at radius 3 is 2.20 bits per heavy atom. The number of benzene rings is 2. The first-order valence-corrected chi connectivity index (χ1v) is 4.86. The fraction of sp³-hybridized carbons (Fsp3) is 0. The fourth-order valence-electron chi connectivity index (χ4n) is 1.45. The van der Waals surface area contributed by atoms with Crippen LogP contribution in [0.25, 0.3) is 11.1 Å². The second-order valence-corrected chi connectivity index (χ2v) is 3.63. The van der Waals surface area contributed by atoms with E-state index in [1.54, 1.807) is 24.3 Å². The highest BCUT2D eigenvalue weighted by Gasteiger charge is 2.10. The third kappa shape index (κ3) is 2.02. The molecule has 0 aliphatic carbocycles. The summed E-state index contributed by atoms with van der Waals surface area (Å²) in [5, 5.41) is 0. The number of hydrogen-bond acceptors (Lipinski definition) is 1. The summed E-state index contributed by atoms with van der Waals surface area (Å²) in [4.78, 5) is 0.304. The highest BCUT2D eigenvalue weighted by atomic mass is 32.1. The quantitative estimate of drug-likeness (QED) is 0.694. The third-order valence-electron chi connectivity index (χ3n) is 2.10. The van der Waals surface area contributed by atoms with Crippen molar-refractivity contribution in [3.8, 4) is 11.1 Å². The minimum absolute atomic E-state index is 0.304. The van der Waals surface area contributed by atoms with Gasteiger partial charge < -0.3 is 0 Å². The van der Waals surface area contributed by atoms with Crippen molar-refractivity contribution in [1.29, 1.82) is 0 Å². The van der Waals surface area contributed by atoms with Crippen molar-refractivity contribution in [1.82, 2.24) is 0 Å². The maximum atomic E-state index is 13.5. The van der Waals surface area contributed by atoms with Gasteiger partial charge in [0, 0.05) is 16.5 Å². The zero-order valence-electron chi connectivity index (χ0n) is 7.74. The molecule has 2 aromatic carbocycles. The van der Waals surface area contributed by atoms with E-state index in [0.29, 0.717) is 16.0 Å². The van der Waals surface area contributed by atoms with E-state index in [-0.39, 0.29) is 0 Å². The number of thiol groups is 1. The predicted octanol–water partition coefficient (Wildman–Crippen LogP) is 3.92. The van der Waals surface area contributed by atoms with Gasteiger partial charge in [0.15, 0.2) is 0 Å². The van der Waals surface area contributed by atoms with E-state index >= 15 is 0 Å². The van der Waals surface area contributed by atoms with Crippen molar-refractivity contribution in [2.24, 2.45) is 0 Å². The smallest absolute Gasteiger partial charge is 0.135 e. The van der Waals surface area contributed by atoms with Gasteiger partial charge in [0.2, 0.25) is 0 Å². The van der Waals surface area contributed by atoms with E-state index in [2.05, 4.69) is 12.6 Å². The Kier molecular flexibility index (Phi) is 2.73. The van der Waals surface area contributed by atoms with Gasteiger partial charge in [-0.25, -0.2) is 8.78 Å². The zero-order chi connectivity index (χ0) is 10.8. The molecule has 0 saturated carbocycles. The van der Waals surface area contributed by atoms with Crippen LogP contribution in [-0.4, -0.2) is 0 Å². The van der Waals surface area contributed by atoms with Crippen molar-refractivity contribution in [3.05, 3.63) is 54.1 Å². The average Bonchev–Trinajstić information content (AvgIpc) is 2.17. The van der Waals surface area contributed by atoms with Crippen molar-refractivity contribution in [2.45, 2.75) is 4.90 Å². The van der Waals surface area contributed by atoms with Gasteiger partial charge in [0.05, 0.1) is 0 Å². The molecule has 15 heavy (non-hydrogen) atoms. The lowest BCUT2D eigenvalue weighted by Crippen LogP contribution is -1.88. The summed E-state index contributed by atoms with van der Waals surface area (Å²) in [5.41, 5.74) is 1.03. The van der Waals surface area contributed by atoms with Crippen LogP contribution in [0.4, 0.5) is 8.78 Å². The molecule has 2 aromatic rings. The van der Waals surface area contributed by atoms with Crippen molar-refractivity contribution in [3.63, 3.8) is 0 Å². The van der Waals surface area contributed by atoms with Gasteiger partial charge in [0.25, 0.3) is 0 Å². The van der Waals surface area contributed by atoms with Gasteiger partial charge in [-0.3, -0.25) is 0 Å². The van der Waals surface area contributed by atoms with Crippen LogP contribution in [0.5, 0.6) is 0 Å². The maximum absolute atomic E-state index is 13.5. The molecule has 0 fully saturated rings. The topological polar surface area (TPSA) is 0 Å². The summed E-state index contributed by atoms with van der Waals surface area (Å²) in [6.07, 6.45) is 0. The SMILES string of the molecule is Fc1cc(F)c(-c2ccccc2)c(S)c1. The first-order valence-electron chi connectivity index (χ1n) is 4.42. The molecule has 0 spiro atoms. The first-order chi connectivity index (χ1) is 7.18. The molecular formula is C12H8F2S. The maximum Gasteiger partial charge on any atom is 0.135 e. The molecule has 0 N–H and O–H groups in total. The van der Waals surface area contributed by atoms with Gasteiger partial charge in [-0.1, -0.05) is 30.3 Å². The van der Waals surface area contributed by atoms with Crippen LogP contribution in [0.1, 0.15) is 0 Å². The molecule has 3 heteroatoms. The lowest BCUT2D eigenvalue weighted by molar-refractivity contribution is 0.580. The molecule has 0 heterocycles. The summed E-state index contributed by atoms with van der Waals surface area (Å²) in [5.74, 6) is -1.21. The summed E-state index contributed by atoms with van der Waals surface area (Å²) >= 11 is 4.07. The predicted molar refractivity (Wildman–Crippen MR) is 59.0 cm³/mol. The fourth-order valence-corrected chi connectivity index (χ4v) is 1.81. The normalized spacial score (nSPS) is 10.3. The molecule has 0 nitrogen and oxygen atoms in total. The molecule has 0 radical (unpaired) electrons. The minimum Gasteiger partial charge on any atom is -0.207 e. The minimum atomic E-state index is -0.614. The third-order valence-corrected chi connectivity index (χ3v) is 2.45. The Morgan fingerprint density at radius 2 is 1.60 bits per heavy atom. The molecule has 0 aliphatic heterocycles. The van der Waals surface area contributed by atoms with Crippen LogP contribution in [-0.2, 0) is 0 Å². The van der Waals surface area contributed by atoms with Crippen molar-refractivity contribution >= 4 is 12.6 Å². The van der Waals surface area contributed by atoms with Crippen LogP contribution in [0, 0.1) is 11.6 Å². The highest BCUT2D eigenvalue weighted by Crippen LogP contribution is 2.29. The number of halogens is 2. The summed E-state index contributed by atoms with van der Waals surface area (Å²) in [7, 11) is 0. The first kappa shape index (κ1) is 10.2. The summed E-state index contributed by atoms with van der Waals surface area (Å²) < 4.78 is 26.3. The Morgan fingerprint density at radius 1 is 0.933 bits per heavy atom. The van der Waals surface area contributed by atoms with Gasteiger partial charge in [-0.05, 0) is 11.6 Å². The molecule has 0 bridgehead atoms. The summed E-state index contributed by atoms with van der Waals surface area (Å²) in [6, 6.07) is 11.0. The van der Waals surface area contributed by atoms with Crippen LogP contribution in [0.3, 0.4) is 0 Å². The zero-order valence-corrected chi connectivity index (χ0v) is 8.64. The molecular weight excluding hydrogens is 214 g/mol. The second kappa shape index (κ2) is 4.03. The summed E-state index contributed by atoms with van der Waals surface area (Å²) in [6.45, 7) is 0. The molecule has 2 rings (SSSR count). The Balaban J connectivity index is 2.64. The standard InChI is InChI=1S/C12H8F2S/c13-9-6-10(14)12(11(15)7-9)8-4-2-1-3-5-8/h1-7,15H. The van der Waals surface area contributed by atoms with Gasteiger partial charge in [0.1, 0.15) is 11.6 Å². The van der Waals surface area contributed by atoms with E-state index in [9.17, 15) is 8.78 Å². The van der Waals surface area contributed by atoms with E-state index in [0.717, 1.165) is 6.07 Å². The van der Waals surface area contributed by atoms with Crippen LogP contribution >= 0.6 is 12.6 Å². The van der Waals surface area contributed by atoms with E-state index in [1.807, 2.05) is 6.07 Å². The van der Waals surface area contributed by atoms with Crippen LogP contribution in [0.15, 0.2) is 47.4 Å². The Hall–Kier alpha value is -1.35. The second-order valence-electron chi connectivity index (χ2n) is 3.15. The number of rotatable bonds is 1. The highest BCUT2D eigenvalue weighted by molar-refractivity contribution is 7.80. The molecule has 76 valence electrons. The van der Waals surface area contributed by atoms with Crippen molar-refractivity contribution < 1.29 is 8.78 Å². The van der Waals surface area contributed by atoms with Gasteiger partial charge in [-0.15, -0.1) is 12.6 Å². The molecule has 0 unspecified atom stereocenters. The van der Waals surface area contributed by atoms with E-state index < -0.39 is 11.6 Å². The van der Waals surface area contributed by atoms with Crippen molar-refractivity contribution in [2.75, 3.05) is 0 Å². The largest absolute Gasteiger partial charge is 0.207 e. The Bertz CT molecular complexity index is 457. The molecule has 0 saturated heterocycles. The molecule has 0 amide bonds. The van der Waals surface area contributed by atoms with E-state index in [1.165, 1.54) is 6.07 Å². The molecule has 0 aromatic heterocycles. The average molecular weight is 222 g/mol. The lowest BCUT2D eigenvalue weighted by Gasteiger charge is -2.06. The van der Waals surface area contributed by atoms with Gasteiger partial charge in [-0.2, -0.15) is 0 Å². The van der Waals surface area contributed by atoms with Gasteiger partial charge >= 0.3 is 0 Å². The number of hydrogen-bond donors (Lipinski definition) is 1. The molecule has 0 aliphatic rings. The van der Waals surface area contributed by atoms with Crippen LogP contribution < -0.4 is 0 Å².